The van der Waals surface area contributed by atoms with Crippen molar-refractivity contribution in [3.8, 4) is 5.75 Å². The van der Waals surface area contributed by atoms with E-state index in [9.17, 15) is 23.5 Å². The second kappa shape index (κ2) is 8.62. The second-order valence-corrected chi connectivity index (χ2v) is 7.66. The number of rotatable bonds is 7. The molecule has 0 saturated heterocycles. The third-order valence-electron chi connectivity index (χ3n) is 4.68. The average Bonchev–Trinajstić information content (AvgIpc) is 2.74. The molecular formula is C21H19N2O6S-. The number of ether oxygens (including phenoxy) is 1. The topological polar surface area (TPSA) is 135 Å². The molecule has 0 amide bonds. The van der Waals surface area contributed by atoms with Crippen molar-refractivity contribution < 1.29 is 23.4 Å². The normalized spacial score (nSPS) is 14.0. The number of aromatic nitrogens is 1. The smallest absolute Gasteiger partial charge is 0.356 e. The molecule has 3 aromatic rings. The summed E-state index contributed by atoms with van der Waals surface area (Å²) in [4.78, 5) is 22.6. The minimum Gasteiger partial charge on any atom is -0.770 e. The quantitative estimate of drug-likeness (QED) is 0.548. The van der Waals surface area contributed by atoms with Gasteiger partial charge in [-0.25, -0.2) is 4.79 Å². The molecule has 30 heavy (non-hydrogen) atoms. The van der Waals surface area contributed by atoms with Crippen molar-refractivity contribution in [3.05, 3.63) is 99.5 Å². The molecule has 1 aromatic heterocycles. The molecule has 0 aliphatic heterocycles. The van der Waals surface area contributed by atoms with Crippen LogP contribution in [-0.2, 0) is 29.6 Å². The number of benzene rings is 2. The Hall–Kier alpha value is -3.27. The molecule has 9 heteroatoms. The van der Waals surface area contributed by atoms with Gasteiger partial charge in [-0.1, -0.05) is 60.7 Å². The van der Waals surface area contributed by atoms with Gasteiger partial charge in [-0.05, 0) is 22.2 Å². The van der Waals surface area contributed by atoms with E-state index in [-0.39, 0.29) is 17.9 Å². The van der Waals surface area contributed by atoms with E-state index >= 15 is 0 Å². The average molecular weight is 427 g/mol. The lowest BCUT2D eigenvalue weighted by Gasteiger charge is -2.34. The first-order chi connectivity index (χ1) is 14.3. The molecule has 0 bridgehead atoms. The Morgan fingerprint density at radius 1 is 1.17 bits per heavy atom. The van der Waals surface area contributed by atoms with Crippen LogP contribution in [0.15, 0.2) is 71.5 Å². The second-order valence-electron chi connectivity index (χ2n) is 6.55. The van der Waals surface area contributed by atoms with Crippen LogP contribution in [0.3, 0.4) is 0 Å². The Kier molecular flexibility index (Phi) is 6.16. The lowest BCUT2D eigenvalue weighted by Crippen LogP contribution is -2.45. The fourth-order valence-electron chi connectivity index (χ4n) is 3.16. The number of hydrogen-bond acceptors (Lipinski definition) is 6. The van der Waals surface area contributed by atoms with Crippen molar-refractivity contribution in [2.24, 2.45) is 12.8 Å². The van der Waals surface area contributed by atoms with Crippen LogP contribution in [0.4, 0.5) is 0 Å². The van der Waals surface area contributed by atoms with Crippen LogP contribution >= 0.6 is 0 Å². The number of nitrogens with zero attached hydrogens (tertiary/aromatic N) is 1. The summed E-state index contributed by atoms with van der Waals surface area (Å²) in [5.41, 5.74) is 5.67. The van der Waals surface area contributed by atoms with Gasteiger partial charge in [-0.2, -0.15) is 0 Å². The lowest BCUT2D eigenvalue weighted by atomic mass is 10.0. The predicted molar refractivity (Wildman–Crippen MR) is 110 cm³/mol. The molecule has 0 radical (unpaired) electrons. The van der Waals surface area contributed by atoms with E-state index in [1.54, 1.807) is 42.5 Å². The maximum Gasteiger partial charge on any atom is 0.356 e. The van der Waals surface area contributed by atoms with Crippen molar-refractivity contribution >= 4 is 17.0 Å². The highest BCUT2D eigenvalue weighted by Gasteiger charge is 2.36. The van der Waals surface area contributed by atoms with E-state index in [1.807, 2.05) is 6.07 Å². The summed E-state index contributed by atoms with van der Waals surface area (Å²) in [6.07, 6.45) is 0. The molecule has 3 N–H and O–H groups in total. The Labute approximate surface area is 174 Å². The summed E-state index contributed by atoms with van der Waals surface area (Å²) in [6, 6.07) is 17.7. The minimum atomic E-state index is -2.92. The molecule has 8 nitrogen and oxygen atoms in total. The summed E-state index contributed by atoms with van der Waals surface area (Å²) >= 11 is -2.92. The van der Waals surface area contributed by atoms with Crippen LogP contribution < -0.4 is 15.9 Å². The Morgan fingerprint density at radius 3 is 2.27 bits per heavy atom. The number of nitrogens with two attached hydrogens (primary N) is 1. The highest BCUT2D eigenvalue weighted by molar-refractivity contribution is 7.80. The largest absolute Gasteiger partial charge is 0.770 e. The lowest BCUT2D eigenvalue weighted by molar-refractivity contribution is 0.0678. The fraction of sp³-hybridized carbons (Fsp3) is 0.143. The van der Waals surface area contributed by atoms with Crippen molar-refractivity contribution in [3.63, 3.8) is 0 Å². The number of aromatic carboxylic acids is 1. The van der Waals surface area contributed by atoms with Crippen LogP contribution in [0.25, 0.3) is 0 Å². The first-order valence-corrected chi connectivity index (χ1v) is 9.92. The SMILES string of the molecule is Cn1c(C(N)(c2ccccc2)S(=O)[O-])cc(=O)c(OCc2ccccc2)c1C(=O)O. The zero-order chi connectivity index (χ0) is 21.9. The minimum absolute atomic E-state index is 0.0321. The van der Waals surface area contributed by atoms with Gasteiger partial charge in [-0.15, -0.1) is 0 Å². The van der Waals surface area contributed by atoms with Crippen LogP contribution in [-0.4, -0.2) is 24.4 Å². The molecule has 0 saturated carbocycles. The fourth-order valence-corrected chi connectivity index (χ4v) is 3.85. The number of carboxylic acids is 1. The van der Waals surface area contributed by atoms with E-state index in [2.05, 4.69) is 0 Å². The van der Waals surface area contributed by atoms with Crippen LogP contribution in [0, 0.1) is 0 Å². The number of carbonyl (C=O) groups is 1. The predicted octanol–water partition coefficient (Wildman–Crippen LogP) is 1.70. The molecule has 0 spiro atoms. The summed E-state index contributed by atoms with van der Waals surface area (Å²) < 4.78 is 30.9. The molecule has 0 fully saturated rings. The monoisotopic (exact) mass is 427 g/mol. The number of pyridine rings is 1. The molecule has 2 atom stereocenters. The molecular weight excluding hydrogens is 408 g/mol. The maximum absolute atomic E-state index is 12.8. The van der Waals surface area contributed by atoms with Gasteiger partial charge < -0.3 is 24.7 Å². The van der Waals surface area contributed by atoms with E-state index in [0.29, 0.717) is 0 Å². The van der Waals surface area contributed by atoms with E-state index in [0.717, 1.165) is 16.2 Å². The summed E-state index contributed by atoms with van der Waals surface area (Å²) in [6.45, 7) is -0.0321. The van der Waals surface area contributed by atoms with Crippen LogP contribution in [0.2, 0.25) is 0 Å². The molecule has 1 heterocycles. The summed E-state index contributed by atoms with van der Waals surface area (Å²) in [5, 5.41) is 9.73. The summed E-state index contributed by atoms with van der Waals surface area (Å²) in [7, 11) is 1.32. The van der Waals surface area contributed by atoms with Crippen molar-refractivity contribution in [2.75, 3.05) is 0 Å². The van der Waals surface area contributed by atoms with Crippen molar-refractivity contribution in [2.45, 2.75) is 11.5 Å². The molecule has 3 rings (SSSR count). The summed E-state index contributed by atoms with van der Waals surface area (Å²) in [5.74, 6) is -1.85. The third kappa shape index (κ3) is 3.90. The Bertz CT molecular complexity index is 1150. The molecule has 2 aromatic carbocycles. The van der Waals surface area contributed by atoms with Gasteiger partial charge in [0.1, 0.15) is 11.5 Å². The van der Waals surface area contributed by atoms with Gasteiger partial charge in [0.25, 0.3) is 0 Å². The third-order valence-corrected chi connectivity index (χ3v) is 5.65. The molecule has 0 aliphatic carbocycles. The Balaban J connectivity index is 2.17. The van der Waals surface area contributed by atoms with Gasteiger partial charge in [0.2, 0.25) is 5.43 Å². The van der Waals surface area contributed by atoms with Crippen LogP contribution in [0.5, 0.6) is 5.75 Å². The van der Waals surface area contributed by atoms with Crippen LogP contribution in [0.1, 0.15) is 27.3 Å². The molecule has 2 unspecified atom stereocenters. The van der Waals surface area contributed by atoms with Gasteiger partial charge >= 0.3 is 5.97 Å². The van der Waals surface area contributed by atoms with Gasteiger partial charge in [0.15, 0.2) is 11.4 Å². The van der Waals surface area contributed by atoms with E-state index in [4.69, 9.17) is 10.5 Å². The van der Waals surface area contributed by atoms with Crippen molar-refractivity contribution in [1.82, 2.24) is 4.57 Å². The standard InChI is InChI=1S/C21H20N2O6S/c1-23-17(21(22,30(27)28)15-10-6-3-7-11-15)12-16(24)19(18(23)20(25)26)29-13-14-8-4-2-5-9-14/h2-12H,13,22H2,1H3,(H,25,26)(H,27,28)/p-1. The highest BCUT2D eigenvalue weighted by Crippen LogP contribution is 2.31. The van der Waals surface area contributed by atoms with E-state index < -0.39 is 38.8 Å². The first kappa shape index (κ1) is 21.4. The Morgan fingerprint density at radius 2 is 1.73 bits per heavy atom. The molecule has 0 aliphatic rings. The maximum atomic E-state index is 12.8. The zero-order valence-electron chi connectivity index (χ0n) is 16.0. The highest BCUT2D eigenvalue weighted by atomic mass is 32.2. The van der Waals surface area contributed by atoms with Gasteiger partial charge in [0.05, 0.1) is 5.69 Å². The number of carboxylic acid groups (broad SMARTS) is 1. The first-order valence-electron chi connectivity index (χ1n) is 8.85. The zero-order valence-corrected chi connectivity index (χ0v) is 16.8. The van der Waals surface area contributed by atoms with Crippen molar-refractivity contribution in [1.29, 1.82) is 0 Å². The van der Waals surface area contributed by atoms with E-state index in [1.165, 1.54) is 19.2 Å². The number of hydrogen-bond donors (Lipinski definition) is 2. The van der Waals surface area contributed by atoms with Gasteiger partial charge in [-0.3, -0.25) is 9.00 Å². The van der Waals surface area contributed by atoms with Gasteiger partial charge in [0, 0.05) is 13.1 Å². The molecule has 156 valence electrons.